The molecule has 0 saturated heterocycles. The lowest BCUT2D eigenvalue weighted by atomic mass is 9.89. The van der Waals surface area contributed by atoms with Gasteiger partial charge in [0.15, 0.2) is 0 Å². The smallest absolute Gasteiger partial charge is 0.0755 e. The van der Waals surface area contributed by atoms with Gasteiger partial charge in [0.25, 0.3) is 0 Å². The molecule has 31 heavy (non-hydrogen) atoms. The molecule has 1 aromatic heterocycles. The van der Waals surface area contributed by atoms with Crippen LogP contribution in [0.4, 0.5) is 0 Å². The van der Waals surface area contributed by atoms with Gasteiger partial charge in [0.05, 0.1) is 23.3 Å². The summed E-state index contributed by atoms with van der Waals surface area (Å²) in [6, 6.07) is 2.03. The lowest BCUT2D eigenvalue weighted by Gasteiger charge is -2.20. The van der Waals surface area contributed by atoms with Crippen molar-refractivity contribution in [1.82, 2.24) is 0 Å². The fourth-order valence-electron chi connectivity index (χ4n) is 4.22. The molecule has 6 atom stereocenters. The zero-order chi connectivity index (χ0) is 22.8. The standard InChI is InChI=1S/C25H39ClO4S/c1-17(16-27)8-6-4-5-7-9-21-22(25(29)15-24(21)28)13-11-19(30-3)10-12-20-14-23(26)18(2)31-20/h5,7,11,13-14,17,19,21-22,24-25,27-29H,4,6,8-10,12,15-16H2,1-3H3/b7-5-,13-11+/t17-,19?,21-,22-,24+,25-/m1/s1. The van der Waals surface area contributed by atoms with Crippen LogP contribution in [0.5, 0.6) is 0 Å². The molecule has 1 saturated carbocycles. The molecule has 0 spiro atoms. The Balaban J connectivity index is 1.86. The Kier molecular flexibility index (Phi) is 11.8. The number of aliphatic hydroxyl groups excluding tert-OH is 3. The highest BCUT2D eigenvalue weighted by molar-refractivity contribution is 7.12. The highest BCUT2D eigenvalue weighted by atomic mass is 35.5. The van der Waals surface area contributed by atoms with Crippen LogP contribution in [0.1, 0.15) is 55.2 Å². The molecule has 1 fully saturated rings. The van der Waals surface area contributed by atoms with Crippen LogP contribution in [0.2, 0.25) is 5.02 Å². The van der Waals surface area contributed by atoms with Crippen LogP contribution < -0.4 is 0 Å². The number of hydrogen-bond acceptors (Lipinski definition) is 5. The van der Waals surface area contributed by atoms with Gasteiger partial charge in [0.2, 0.25) is 0 Å². The van der Waals surface area contributed by atoms with Crippen LogP contribution in [0.25, 0.3) is 0 Å². The largest absolute Gasteiger partial charge is 0.396 e. The Bertz CT molecular complexity index is 682. The number of methoxy groups -OCH3 is 1. The minimum Gasteiger partial charge on any atom is -0.396 e. The van der Waals surface area contributed by atoms with Crippen molar-refractivity contribution < 1.29 is 20.1 Å². The summed E-state index contributed by atoms with van der Waals surface area (Å²) >= 11 is 7.88. The zero-order valence-corrected chi connectivity index (χ0v) is 20.6. The van der Waals surface area contributed by atoms with Crippen LogP contribution in [-0.2, 0) is 11.2 Å². The van der Waals surface area contributed by atoms with Crippen molar-refractivity contribution in [2.24, 2.45) is 17.8 Å². The molecule has 6 heteroatoms. The van der Waals surface area contributed by atoms with Gasteiger partial charge >= 0.3 is 0 Å². The second-order valence-corrected chi connectivity index (χ2v) is 10.6. The van der Waals surface area contributed by atoms with E-state index in [1.54, 1.807) is 18.4 Å². The van der Waals surface area contributed by atoms with Gasteiger partial charge in [0, 0.05) is 35.8 Å². The van der Waals surface area contributed by atoms with Gasteiger partial charge < -0.3 is 20.1 Å². The van der Waals surface area contributed by atoms with Crippen molar-refractivity contribution in [1.29, 1.82) is 0 Å². The molecule has 0 radical (unpaired) electrons. The van der Waals surface area contributed by atoms with Crippen LogP contribution in [0, 0.1) is 24.7 Å². The normalized spacial score (nSPS) is 26.3. The molecule has 1 aliphatic rings. The van der Waals surface area contributed by atoms with Crippen LogP contribution in [0.15, 0.2) is 30.4 Å². The topological polar surface area (TPSA) is 69.9 Å². The van der Waals surface area contributed by atoms with Gasteiger partial charge in [-0.05, 0) is 63.4 Å². The summed E-state index contributed by atoms with van der Waals surface area (Å²) < 4.78 is 5.63. The zero-order valence-electron chi connectivity index (χ0n) is 19.0. The van der Waals surface area contributed by atoms with Crippen molar-refractivity contribution >= 4 is 22.9 Å². The molecule has 1 unspecified atom stereocenters. The number of hydrogen-bond donors (Lipinski definition) is 3. The van der Waals surface area contributed by atoms with E-state index in [0.717, 1.165) is 48.4 Å². The average Bonchev–Trinajstić information content (AvgIpc) is 3.21. The summed E-state index contributed by atoms with van der Waals surface area (Å²) in [6.07, 6.45) is 13.3. The summed E-state index contributed by atoms with van der Waals surface area (Å²) in [7, 11) is 1.71. The predicted octanol–water partition coefficient (Wildman–Crippen LogP) is 5.32. The average molecular weight is 471 g/mol. The summed E-state index contributed by atoms with van der Waals surface area (Å²) in [4.78, 5) is 2.40. The van der Waals surface area contributed by atoms with Crippen molar-refractivity contribution in [3.63, 3.8) is 0 Å². The summed E-state index contributed by atoms with van der Waals surface area (Å²) in [5, 5.41) is 30.8. The maximum atomic E-state index is 10.5. The first-order valence-corrected chi connectivity index (χ1v) is 12.6. The van der Waals surface area contributed by atoms with Crippen molar-refractivity contribution in [3.8, 4) is 0 Å². The maximum Gasteiger partial charge on any atom is 0.0755 e. The Morgan fingerprint density at radius 3 is 2.68 bits per heavy atom. The quantitative estimate of drug-likeness (QED) is 0.269. The first-order valence-electron chi connectivity index (χ1n) is 11.4. The first-order chi connectivity index (χ1) is 14.8. The van der Waals surface area contributed by atoms with Gasteiger partial charge in [0.1, 0.15) is 0 Å². The number of halogens is 1. The summed E-state index contributed by atoms with van der Waals surface area (Å²) in [5.74, 6) is 0.310. The van der Waals surface area contributed by atoms with Gasteiger partial charge in [-0.2, -0.15) is 0 Å². The molecule has 4 nitrogen and oxygen atoms in total. The molecule has 1 aliphatic carbocycles. The molecule has 176 valence electrons. The van der Waals surface area contributed by atoms with Gasteiger partial charge in [-0.15, -0.1) is 11.3 Å². The van der Waals surface area contributed by atoms with Crippen LogP contribution >= 0.6 is 22.9 Å². The van der Waals surface area contributed by atoms with E-state index in [9.17, 15) is 10.2 Å². The Hall–Kier alpha value is -0.690. The third kappa shape index (κ3) is 8.64. The SMILES string of the molecule is COC(/C=C/[C@@H]1[C@@H](C/C=C\CCC[C@@H](C)CO)[C@@H](O)C[C@H]1O)CCc1cc(Cl)c(C)s1. The molecule has 0 aliphatic heterocycles. The van der Waals surface area contributed by atoms with Crippen molar-refractivity contribution in [3.05, 3.63) is 45.1 Å². The fourth-order valence-corrected chi connectivity index (χ4v) is 5.48. The van der Waals surface area contributed by atoms with E-state index in [2.05, 4.69) is 19.1 Å². The number of aryl methyl sites for hydroxylation is 2. The van der Waals surface area contributed by atoms with Crippen molar-refractivity contribution in [2.45, 2.75) is 77.1 Å². The molecule has 0 aromatic carbocycles. The first kappa shape index (κ1) is 26.6. The van der Waals surface area contributed by atoms with Gasteiger partial charge in [-0.1, -0.05) is 42.8 Å². The molecule has 1 heterocycles. The third-order valence-corrected chi connectivity index (χ3v) is 7.92. The highest BCUT2D eigenvalue weighted by Crippen LogP contribution is 2.36. The van der Waals surface area contributed by atoms with E-state index in [1.807, 2.05) is 25.1 Å². The Morgan fingerprint density at radius 2 is 2.03 bits per heavy atom. The summed E-state index contributed by atoms with van der Waals surface area (Å²) in [6.45, 7) is 4.33. The number of ether oxygens (including phenoxy) is 1. The number of thiophene rings is 1. The minimum atomic E-state index is -0.522. The fraction of sp³-hybridized carbons (Fsp3) is 0.680. The van der Waals surface area contributed by atoms with E-state index in [0.29, 0.717) is 12.3 Å². The molecule has 0 bridgehead atoms. The molecule has 3 N–H and O–H groups in total. The number of allylic oxidation sites excluding steroid dienone is 2. The minimum absolute atomic E-state index is 0.0233. The second kappa shape index (κ2) is 13.8. The van der Waals surface area contributed by atoms with E-state index >= 15 is 0 Å². The predicted molar refractivity (Wildman–Crippen MR) is 130 cm³/mol. The number of unbranched alkanes of at least 4 members (excludes halogenated alkanes) is 1. The van der Waals surface area contributed by atoms with E-state index < -0.39 is 12.2 Å². The molecular weight excluding hydrogens is 432 g/mol. The molecule has 0 amide bonds. The third-order valence-electron chi connectivity index (χ3n) is 6.30. The molecule has 2 rings (SSSR count). The van der Waals surface area contributed by atoms with Gasteiger partial charge in [-0.25, -0.2) is 0 Å². The van der Waals surface area contributed by atoms with Crippen LogP contribution in [-0.4, -0.2) is 47.3 Å². The maximum absolute atomic E-state index is 10.5. The van der Waals surface area contributed by atoms with E-state index in [1.165, 1.54) is 4.88 Å². The lowest BCUT2D eigenvalue weighted by Crippen LogP contribution is -2.20. The van der Waals surface area contributed by atoms with Gasteiger partial charge in [-0.3, -0.25) is 0 Å². The highest BCUT2D eigenvalue weighted by Gasteiger charge is 2.39. The molecular formula is C25H39ClO4S. The monoisotopic (exact) mass is 470 g/mol. The van der Waals surface area contributed by atoms with E-state index in [-0.39, 0.29) is 24.5 Å². The Morgan fingerprint density at radius 1 is 1.26 bits per heavy atom. The summed E-state index contributed by atoms with van der Waals surface area (Å²) in [5.41, 5.74) is 0. The number of rotatable bonds is 13. The van der Waals surface area contributed by atoms with E-state index in [4.69, 9.17) is 21.4 Å². The Labute approximate surface area is 196 Å². The number of aliphatic hydroxyl groups is 3. The lowest BCUT2D eigenvalue weighted by molar-refractivity contribution is 0.120. The molecule has 1 aromatic rings. The van der Waals surface area contributed by atoms with Crippen molar-refractivity contribution in [2.75, 3.05) is 13.7 Å². The van der Waals surface area contributed by atoms with Crippen LogP contribution in [0.3, 0.4) is 0 Å². The second-order valence-electron chi connectivity index (χ2n) is 8.85.